The standard InChI is InChI=1S/C9H12O4S.ClH/c1-6-4-8(13-3)5-7(2)9(6)14(10,11)12;/h4-5H,1-3H3,(H,10,11,12);1H. The molecule has 0 fully saturated rings. The molecule has 0 saturated carbocycles. The number of ether oxygens (including phenoxy) is 1. The summed E-state index contributed by atoms with van der Waals surface area (Å²) in [6.45, 7) is 3.22. The molecule has 0 unspecified atom stereocenters. The van der Waals surface area contributed by atoms with Gasteiger partial charge in [0.2, 0.25) is 0 Å². The van der Waals surface area contributed by atoms with E-state index in [1.54, 1.807) is 26.0 Å². The van der Waals surface area contributed by atoms with Crippen molar-refractivity contribution in [2.75, 3.05) is 7.11 Å². The van der Waals surface area contributed by atoms with Gasteiger partial charge in [-0.1, -0.05) is 0 Å². The number of methoxy groups -OCH3 is 1. The second-order valence-electron chi connectivity index (χ2n) is 3.07. The van der Waals surface area contributed by atoms with Crippen LogP contribution >= 0.6 is 12.4 Å². The third kappa shape index (κ3) is 3.09. The fourth-order valence-electron chi connectivity index (χ4n) is 1.44. The quantitative estimate of drug-likeness (QED) is 0.818. The third-order valence-corrected chi connectivity index (χ3v) is 3.09. The van der Waals surface area contributed by atoms with E-state index in [1.165, 1.54) is 7.11 Å². The molecule has 0 saturated heterocycles. The summed E-state index contributed by atoms with van der Waals surface area (Å²) in [6, 6.07) is 3.13. The monoisotopic (exact) mass is 252 g/mol. The van der Waals surface area contributed by atoms with Crippen molar-refractivity contribution in [1.29, 1.82) is 0 Å². The minimum Gasteiger partial charge on any atom is -0.497 e. The lowest BCUT2D eigenvalue weighted by molar-refractivity contribution is 0.413. The van der Waals surface area contributed by atoms with Crippen LogP contribution in [0.15, 0.2) is 17.0 Å². The number of rotatable bonds is 2. The molecule has 1 aromatic carbocycles. The van der Waals surface area contributed by atoms with E-state index >= 15 is 0 Å². The molecule has 0 bridgehead atoms. The SMILES string of the molecule is COc1cc(C)c(S(=O)(=O)O)c(C)c1.Cl. The summed E-state index contributed by atoms with van der Waals surface area (Å²) in [5.74, 6) is 0.576. The molecule has 0 aliphatic heterocycles. The van der Waals surface area contributed by atoms with Crippen LogP contribution in [0.25, 0.3) is 0 Å². The molecule has 0 aliphatic carbocycles. The van der Waals surface area contributed by atoms with E-state index in [0.717, 1.165) is 0 Å². The van der Waals surface area contributed by atoms with E-state index in [1.807, 2.05) is 0 Å². The maximum absolute atomic E-state index is 11.0. The lowest BCUT2D eigenvalue weighted by atomic mass is 10.1. The van der Waals surface area contributed by atoms with Crippen LogP contribution < -0.4 is 4.74 Å². The Labute approximate surface area is 95.4 Å². The van der Waals surface area contributed by atoms with Crippen molar-refractivity contribution in [2.24, 2.45) is 0 Å². The zero-order chi connectivity index (χ0) is 10.9. The van der Waals surface area contributed by atoms with Gasteiger partial charge < -0.3 is 4.74 Å². The van der Waals surface area contributed by atoms with E-state index in [9.17, 15) is 8.42 Å². The number of hydrogen-bond donors (Lipinski definition) is 1. The van der Waals surface area contributed by atoms with Gasteiger partial charge in [-0.25, -0.2) is 0 Å². The Kier molecular flexibility index (Phi) is 4.58. The zero-order valence-electron chi connectivity index (χ0n) is 8.64. The molecule has 0 aromatic heterocycles. The Balaban J connectivity index is 0.00000196. The second-order valence-corrected chi connectivity index (χ2v) is 4.42. The average molecular weight is 253 g/mol. The minimum atomic E-state index is -4.14. The van der Waals surface area contributed by atoms with Crippen LogP contribution in [0.5, 0.6) is 5.75 Å². The zero-order valence-corrected chi connectivity index (χ0v) is 10.3. The summed E-state index contributed by atoms with van der Waals surface area (Å²) >= 11 is 0. The van der Waals surface area contributed by atoms with Crippen LogP contribution in [0.3, 0.4) is 0 Å². The van der Waals surface area contributed by atoms with E-state index in [0.29, 0.717) is 16.9 Å². The minimum absolute atomic E-state index is 0. The molecule has 15 heavy (non-hydrogen) atoms. The molecule has 1 N–H and O–H groups in total. The highest BCUT2D eigenvalue weighted by Crippen LogP contribution is 2.25. The van der Waals surface area contributed by atoms with Gasteiger partial charge in [-0.3, -0.25) is 4.55 Å². The van der Waals surface area contributed by atoms with Crippen LogP contribution in [0, 0.1) is 13.8 Å². The van der Waals surface area contributed by atoms with Crippen LogP contribution in [0.2, 0.25) is 0 Å². The summed E-state index contributed by atoms with van der Waals surface area (Å²) in [6.07, 6.45) is 0. The van der Waals surface area contributed by atoms with Crippen molar-refractivity contribution in [1.82, 2.24) is 0 Å². The van der Waals surface area contributed by atoms with Crippen molar-refractivity contribution < 1.29 is 17.7 Å². The van der Waals surface area contributed by atoms with Crippen LogP contribution in [-0.2, 0) is 10.1 Å². The first-order valence-electron chi connectivity index (χ1n) is 3.99. The van der Waals surface area contributed by atoms with E-state index < -0.39 is 10.1 Å². The van der Waals surface area contributed by atoms with Gasteiger partial charge in [0.1, 0.15) is 5.75 Å². The lowest BCUT2D eigenvalue weighted by Gasteiger charge is -2.08. The largest absolute Gasteiger partial charge is 0.497 e. The van der Waals surface area contributed by atoms with E-state index in [-0.39, 0.29) is 17.3 Å². The second kappa shape index (κ2) is 4.83. The van der Waals surface area contributed by atoms with Crippen LogP contribution in [-0.4, -0.2) is 20.1 Å². The summed E-state index contributed by atoms with van der Waals surface area (Å²) in [5, 5.41) is 0. The molecule has 86 valence electrons. The van der Waals surface area contributed by atoms with Gasteiger partial charge in [-0.05, 0) is 37.1 Å². The highest BCUT2D eigenvalue weighted by molar-refractivity contribution is 7.86. The van der Waals surface area contributed by atoms with Crippen LogP contribution in [0.4, 0.5) is 0 Å². The number of aryl methyl sites for hydroxylation is 2. The molecule has 0 radical (unpaired) electrons. The van der Waals surface area contributed by atoms with Gasteiger partial charge in [-0.15, -0.1) is 12.4 Å². The van der Waals surface area contributed by atoms with Crippen molar-refractivity contribution >= 4 is 22.5 Å². The van der Waals surface area contributed by atoms with Gasteiger partial charge in [0.15, 0.2) is 0 Å². The normalized spacial score (nSPS) is 10.7. The Morgan fingerprint density at radius 3 is 1.87 bits per heavy atom. The fourth-order valence-corrected chi connectivity index (χ4v) is 2.37. The maximum atomic E-state index is 11.0. The third-order valence-electron chi connectivity index (χ3n) is 1.93. The van der Waals surface area contributed by atoms with Gasteiger partial charge in [0, 0.05) is 0 Å². The van der Waals surface area contributed by atoms with Crippen molar-refractivity contribution in [3.8, 4) is 5.75 Å². The molecule has 4 nitrogen and oxygen atoms in total. The Morgan fingerprint density at radius 2 is 1.60 bits per heavy atom. The Morgan fingerprint density at radius 1 is 1.20 bits per heavy atom. The van der Waals surface area contributed by atoms with Crippen LogP contribution in [0.1, 0.15) is 11.1 Å². The highest BCUT2D eigenvalue weighted by Gasteiger charge is 2.17. The number of hydrogen-bond acceptors (Lipinski definition) is 3. The Hall–Kier alpha value is -0.780. The van der Waals surface area contributed by atoms with Crippen molar-refractivity contribution in [3.63, 3.8) is 0 Å². The molecule has 6 heteroatoms. The molecular weight excluding hydrogens is 240 g/mol. The van der Waals surface area contributed by atoms with E-state index in [4.69, 9.17) is 9.29 Å². The number of halogens is 1. The van der Waals surface area contributed by atoms with Crippen molar-refractivity contribution in [2.45, 2.75) is 18.7 Å². The molecule has 0 amide bonds. The maximum Gasteiger partial charge on any atom is 0.295 e. The first kappa shape index (κ1) is 14.2. The predicted molar refractivity (Wildman–Crippen MR) is 59.5 cm³/mol. The highest BCUT2D eigenvalue weighted by atomic mass is 35.5. The summed E-state index contributed by atoms with van der Waals surface area (Å²) in [5.41, 5.74) is 0.953. The first-order chi connectivity index (χ1) is 6.36. The summed E-state index contributed by atoms with van der Waals surface area (Å²) in [4.78, 5) is -0.0432. The summed E-state index contributed by atoms with van der Waals surface area (Å²) < 4.78 is 35.9. The topological polar surface area (TPSA) is 63.6 Å². The molecular formula is C9H13ClO4S. The fraction of sp³-hybridized carbons (Fsp3) is 0.333. The van der Waals surface area contributed by atoms with Gasteiger partial charge >= 0.3 is 0 Å². The molecule has 0 atom stereocenters. The first-order valence-corrected chi connectivity index (χ1v) is 5.43. The molecule has 0 spiro atoms. The molecule has 1 rings (SSSR count). The smallest absolute Gasteiger partial charge is 0.295 e. The van der Waals surface area contributed by atoms with Gasteiger partial charge in [0.25, 0.3) is 10.1 Å². The van der Waals surface area contributed by atoms with Gasteiger partial charge in [0.05, 0.1) is 12.0 Å². The molecule has 0 aliphatic rings. The predicted octanol–water partition coefficient (Wildman–Crippen LogP) is 1.98. The lowest BCUT2D eigenvalue weighted by Crippen LogP contribution is -2.04. The van der Waals surface area contributed by atoms with E-state index in [2.05, 4.69) is 0 Å². The van der Waals surface area contributed by atoms with Crippen molar-refractivity contribution in [3.05, 3.63) is 23.3 Å². The molecule has 0 heterocycles. The summed E-state index contributed by atoms with van der Waals surface area (Å²) in [7, 11) is -2.64. The number of benzene rings is 1. The Bertz CT molecular complexity index is 430. The average Bonchev–Trinajstić information content (AvgIpc) is 1.99. The molecule has 1 aromatic rings. The van der Waals surface area contributed by atoms with Gasteiger partial charge in [-0.2, -0.15) is 8.42 Å².